The zero-order valence-corrected chi connectivity index (χ0v) is 46.9. The number of sulfonamides is 1. The number of benzene rings is 4. The van der Waals surface area contributed by atoms with Crippen LogP contribution in [0, 0.1) is 12.3 Å². The molecule has 432 valence electrons. The van der Waals surface area contributed by atoms with Crippen LogP contribution in [0.2, 0.25) is 0 Å². The molecular formula is C55H61F3N14O8S2. The van der Waals surface area contributed by atoms with E-state index in [0.29, 0.717) is 48.7 Å². The first-order valence-electron chi connectivity index (χ1n) is 25.9. The number of amides is 5. The van der Waals surface area contributed by atoms with Crippen molar-refractivity contribution in [3.8, 4) is 27.4 Å². The van der Waals surface area contributed by atoms with E-state index >= 15 is 0 Å². The summed E-state index contributed by atoms with van der Waals surface area (Å²) in [6, 6.07) is 22.9. The van der Waals surface area contributed by atoms with Gasteiger partial charge in [0.2, 0.25) is 33.7 Å². The molecule has 0 radical (unpaired) electrons. The number of nitrogens with two attached hydrogens (primary N) is 1. The molecule has 5 amide bonds. The number of aromatic nitrogens is 6. The average molecular weight is 1170 g/mol. The van der Waals surface area contributed by atoms with Gasteiger partial charge in [0.25, 0.3) is 0 Å². The van der Waals surface area contributed by atoms with Crippen LogP contribution in [0.1, 0.15) is 64.1 Å². The van der Waals surface area contributed by atoms with Crippen molar-refractivity contribution in [3.63, 3.8) is 0 Å². The summed E-state index contributed by atoms with van der Waals surface area (Å²) < 4.78 is 70.1. The van der Waals surface area contributed by atoms with Gasteiger partial charge >= 0.3 is 12.4 Å². The van der Waals surface area contributed by atoms with Crippen LogP contribution in [-0.2, 0) is 37.5 Å². The largest absolute Gasteiger partial charge is 0.573 e. The van der Waals surface area contributed by atoms with Gasteiger partial charge < -0.3 is 46.2 Å². The zero-order valence-electron chi connectivity index (χ0n) is 45.3. The maximum atomic E-state index is 14.1. The number of rotatable bonds is 21. The smallest absolute Gasteiger partial charge is 0.405 e. The molecule has 27 heteroatoms. The van der Waals surface area contributed by atoms with Crippen molar-refractivity contribution in [2.24, 2.45) is 10.6 Å². The highest BCUT2D eigenvalue weighted by Crippen LogP contribution is 2.36. The Kier molecular flexibility index (Phi) is 18.5. The van der Waals surface area contributed by atoms with Gasteiger partial charge in [0.05, 0.1) is 33.3 Å². The number of hydrogen-bond acceptors (Lipinski definition) is 16. The van der Waals surface area contributed by atoms with Crippen molar-refractivity contribution >= 4 is 79.6 Å². The molecule has 4 heterocycles. The number of nitrogens with one attached hydrogen (secondary N) is 5. The van der Waals surface area contributed by atoms with Crippen LogP contribution in [0.15, 0.2) is 120 Å². The van der Waals surface area contributed by atoms with E-state index in [2.05, 4.69) is 56.6 Å². The number of anilines is 6. The van der Waals surface area contributed by atoms with Crippen LogP contribution in [0.4, 0.5) is 52.5 Å². The van der Waals surface area contributed by atoms with E-state index < -0.39 is 63.6 Å². The van der Waals surface area contributed by atoms with Gasteiger partial charge in [0.15, 0.2) is 0 Å². The van der Waals surface area contributed by atoms with Crippen molar-refractivity contribution in [3.05, 3.63) is 126 Å². The molecule has 1 aliphatic heterocycles. The minimum Gasteiger partial charge on any atom is -0.405 e. The highest BCUT2D eigenvalue weighted by Gasteiger charge is 2.44. The number of alkyl halides is 3. The monoisotopic (exact) mass is 1170 g/mol. The predicted molar refractivity (Wildman–Crippen MR) is 303 cm³/mol. The van der Waals surface area contributed by atoms with Gasteiger partial charge in [-0.25, -0.2) is 28.3 Å². The quantitative estimate of drug-likeness (QED) is 0.0333. The Hall–Kier alpha value is -8.53. The number of ether oxygens (including phenoxy) is 1. The van der Waals surface area contributed by atoms with Gasteiger partial charge in [0, 0.05) is 74.0 Å². The first-order valence-corrected chi connectivity index (χ1v) is 28.3. The number of unbranched alkanes of at least 4 members (excludes halogenated alkanes) is 2. The second-order valence-electron chi connectivity index (χ2n) is 20.5. The van der Waals surface area contributed by atoms with Crippen molar-refractivity contribution in [2.75, 3.05) is 34.4 Å². The van der Waals surface area contributed by atoms with Crippen LogP contribution in [0.5, 0.6) is 5.75 Å². The van der Waals surface area contributed by atoms with Gasteiger partial charge in [0.1, 0.15) is 29.3 Å². The van der Waals surface area contributed by atoms with E-state index in [9.17, 15) is 45.9 Å². The Morgan fingerprint density at radius 1 is 0.915 bits per heavy atom. The molecule has 1 fully saturated rings. The third kappa shape index (κ3) is 15.9. The maximum absolute atomic E-state index is 14.1. The molecule has 0 saturated carbocycles. The molecule has 22 nitrogen and oxygen atoms in total. The fourth-order valence-electron chi connectivity index (χ4n) is 8.97. The molecule has 3 aromatic heterocycles. The van der Waals surface area contributed by atoms with Gasteiger partial charge in [-0.3, -0.25) is 19.1 Å². The van der Waals surface area contributed by atoms with Crippen molar-refractivity contribution in [2.45, 2.75) is 102 Å². The minimum absolute atomic E-state index is 0.0290. The molecule has 1 unspecified atom stereocenters. The summed E-state index contributed by atoms with van der Waals surface area (Å²) in [4.78, 5) is 71.3. The second kappa shape index (κ2) is 25.5. The SMILES string of the molecule is Cc1ncsc1-c1ccc(CNC(=O)[C@@H]2C[C@@H](O)CN2C(=O)C(NC(=O)CCCCCn2cc(-c3cc(NC(=O)Nc4ccc(N(C)c5ccnc(Nc6cccc(S(N)(=O)=O)c6)n5)cc4)ccc3OC(F)(F)F)nn2)C(C)(C)C)cc1. The van der Waals surface area contributed by atoms with Crippen molar-refractivity contribution in [1.82, 2.24) is 45.5 Å². The molecule has 0 bridgehead atoms. The summed E-state index contributed by atoms with van der Waals surface area (Å²) in [6.45, 7) is 7.79. The Morgan fingerprint density at radius 2 is 1.65 bits per heavy atom. The number of hydrogen-bond donors (Lipinski definition) is 7. The minimum atomic E-state index is -5.05. The number of thiazole rings is 1. The van der Waals surface area contributed by atoms with Crippen LogP contribution in [0.25, 0.3) is 21.7 Å². The average Bonchev–Trinajstić information content (AvgIpc) is 4.38. The third-order valence-electron chi connectivity index (χ3n) is 13.2. The third-order valence-corrected chi connectivity index (χ3v) is 15.1. The lowest BCUT2D eigenvalue weighted by Gasteiger charge is -2.35. The van der Waals surface area contributed by atoms with Crippen molar-refractivity contribution in [1.29, 1.82) is 0 Å². The number of carbonyl (C=O) groups is 4. The summed E-state index contributed by atoms with van der Waals surface area (Å²) in [5.74, 6) is -1.19. The Morgan fingerprint density at radius 3 is 2.34 bits per heavy atom. The zero-order chi connectivity index (χ0) is 58.9. The van der Waals surface area contributed by atoms with E-state index in [0.717, 1.165) is 27.8 Å². The molecule has 7 aromatic rings. The van der Waals surface area contributed by atoms with Crippen LogP contribution < -0.4 is 41.4 Å². The molecule has 8 rings (SSSR count). The molecule has 4 aromatic carbocycles. The van der Waals surface area contributed by atoms with E-state index in [1.54, 1.807) is 86.0 Å². The Bertz CT molecular complexity index is 3520. The normalized spacial score (nSPS) is 14.9. The first-order chi connectivity index (χ1) is 38.9. The number of nitrogens with zero attached hydrogens (tertiary/aromatic N) is 8. The van der Waals surface area contributed by atoms with E-state index in [1.165, 1.54) is 52.3 Å². The topological polar surface area (TPSA) is 294 Å². The first kappa shape index (κ1) is 59.6. The number of aryl methyl sites for hydroxylation is 2. The molecule has 3 atom stereocenters. The summed E-state index contributed by atoms with van der Waals surface area (Å²) in [6.07, 6.45) is -1.44. The number of aliphatic hydroxyl groups is 1. The molecule has 82 heavy (non-hydrogen) atoms. The van der Waals surface area contributed by atoms with Crippen LogP contribution >= 0.6 is 11.3 Å². The summed E-state index contributed by atoms with van der Waals surface area (Å²) >= 11 is 1.54. The van der Waals surface area contributed by atoms with Gasteiger partial charge in [-0.05, 0) is 103 Å². The second-order valence-corrected chi connectivity index (χ2v) is 22.9. The number of primary sulfonamides is 1. The number of aliphatic hydroxyl groups excluding tert-OH is 1. The molecule has 1 aliphatic rings. The highest BCUT2D eigenvalue weighted by atomic mass is 32.2. The lowest BCUT2D eigenvalue weighted by Crippen LogP contribution is -2.57. The van der Waals surface area contributed by atoms with E-state index in [4.69, 9.17) is 5.14 Å². The number of carbonyl (C=O) groups excluding carboxylic acids is 4. The highest BCUT2D eigenvalue weighted by molar-refractivity contribution is 7.89. The lowest BCUT2D eigenvalue weighted by atomic mass is 9.85. The Balaban J connectivity index is 0.812. The standard InChI is InChI=1S/C55H61F3N14O8S2/c1-33-48(81-32-62-33)35-15-13-34(14-16-35)29-61-50(75)44-28-40(73)30-72(44)51(76)49(54(2,3)4)67-47(74)12-7-6-8-25-71-31-43(68-69-71)42-27-38(19-22-45(42)80-55(56,57)58)65-53(77)64-36-17-20-39(21-18-36)70(5)46-23-24-60-52(66-46)63-37-10-9-11-41(26-37)82(59,78)79/h9-11,13-24,26-27,31-32,40,44,49,73H,6-8,12,25,28-30H2,1-5H3,(H,61,75)(H,67,74)(H2,59,78,79)(H,60,63,66)(H2,64,65,77)/t40-,44+,49?/m1/s1. The number of urea groups is 1. The Labute approximate surface area is 474 Å². The lowest BCUT2D eigenvalue weighted by molar-refractivity contribution is -0.274. The van der Waals surface area contributed by atoms with Crippen molar-refractivity contribution < 1.29 is 50.6 Å². The number of β-amino-alcohol motifs (C(OH)–C–C–N with tert-alkyl or cyclic N) is 1. The van der Waals surface area contributed by atoms with E-state index in [-0.39, 0.29) is 59.6 Å². The number of likely N-dealkylation sites (tertiary alicyclic amines) is 1. The van der Waals surface area contributed by atoms with Gasteiger partial charge in [-0.15, -0.1) is 29.6 Å². The molecule has 0 spiro atoms. The molecule has 8 N–H and O–H groups in total. The predicted octanol–water partition coefficient (Wildman–Crippen LogP) is 8.24. The fourth-order valence-corrected chi connectivity index (χ4v) is 10.3. The molecule has 0 aliphatic carbocycles. The van der Waals surface area contributed by atoms with E-state index in [1.807, 2.05) is 31.2 Å². The summed E-state index contributed by atoms with van der Waals surface area (Å²) in [5, 5.41) is 38.1. The summed E-state index contributed by atoms with van der Waals surface area (Å²) in [7, 11) is -2.18. The number of halogens is 3. The summed E-state index contributed by atoms with van der Waals surface area (Å²) in [5.41, 5.74) is 5.33. The van der Waals surface area contributed by atoms with Gasteiger partial charge in [-0.2, -0.15) is 4.98 Å². The van der Waals surface area contributed by atoms with Crippen LogP contribution in [0.3, 0.4) is 0 Å². The van der Waals surface area contributed by atoms with Gasteiger partial charge in [-0.1, -0.05) is 62.7 Å². The fraction of sp³-hybridized carbons (Fsp3) is 0.327. The maximum Gasteiger partial charge on any atom is 0.573 e. The van der Waals surface area contributed by atoms with Crippen LogP contribution in [-0.4, -0.2) is 110 Å². The molecule has 1 saturated heterocycles. The molecular weight excluding hydrogens is 1110 g/mol.